The standard InChI is InChI=1S/C32H35N5O2/c1-21-12-15-26(16-13-21)37-30(20-29(36-37)32(2,3)4)35-31(39)34-24-10-7-9-23(19-24)33-25-14-17-27-22(18-25)8-5-6-11-28(27)38/h7,9-10,12-20,33H,5-6,8,11H2,1-4H3,(H2,34,35,39). The Morgan fingerprint density at radius 3 is 2.33 bits per heavy atom. The first-order valence-corrected chi connectivity index (χ1v) is 13.4. The van der Waals surface area contributed by atoms with Crippen LogP contribution in [0.5, 0.6) is 0 Å². The van der Waals surface area contributed by atoms with Crippen molar-refractivity contribution >= 4 is 34.7 Å². The Balaban J connectivity index is 1.31. The van der Waals surface area contributed by atoms with Crippen molar-refractivity contribution in [3.8, 4) is 5.69 Å². The SMILES string of the molecule is Cc1ccc(-n2nc(C(C)(C)C)cc2NC(=O)Nc2cccc(Nc3ccc4c(c3)CCCCC4=O)c2)cc1. The number of aromatic nitrogens is 2. The molecule has 3 aromatic carbocycles. The van der Waals surface area contributed by atoms with Crippen molar-refractivity contribution in [1.82, 2.24) is 9.78 Å². The van der Waals surface area contributed by atoms with E-state index in [1.807, 2.05) is 73.7 Å². The normalized spacial score (nSPS) is 13.4. The number of amides is 2. The van der Waals surface area contributed by atoms with E-state index >= 15 is 0 Å². The second-order valence-corrected chi connectivity index (χ2v) is 11.2. The number of anilines is 4. The summed E-state index contributed by atoms with van der Waals surface area (Å²) in [5, 5.41) is 14.1. The van der Waals surface area contributed by atoms with Gasteiger partial charge in [-0.1, -0.05) is 44.5 Å². The molecule has 0 bridgehead atoms. The molecule has 39 heavy (non-hydrogen) atoms. The minimum atomic E-state index is -0.357. The lowest BCUT2D eigenvalue weighted by Gasteiger charge is -2.14. The van der Waals surface area contributed by atoms with E-state index in [1.165, 1.54) is 0 Å². The number of carbonyl (C=O) groups is 2. The average Bonchev–Trinajstić information content (AvgIpc) is 3.22. The van der Waals surface area contributed by atoms with E-state index in [0.29, 0.717) is 17.9 Å². The quantitative estimate of drug-likeness (QED) is 0.234. The summed E-state index contributed by atoms with van der Waals surface area (Å²) < 4.78 is 1.76. The van der Waals surface area contributed by atoms with Crippen LogP contribution in [0.1, 0.15) is 67.2 Å². The van der Waals surface area contributed by atoms with Crippen LogP contribution in [0, 0.1) is 6.92 Å². The van der Waals surface area contributed by atoms with E-state index in [2.05, 4.69) is 42.8 Å². The molecule has 0 atom stereocenters. The molecule has 1 aliphatic carbocycles. The molecule has 5 rings (SSSR count). The van der Waals surface area contributed by atoms with Gasteiger partial charge in [0.25, 0.3) is 0 Å². The number of aryl methyl sites for hydroxylation is 2. The third kappa shape index (κ3) is 6.20. The van der Waals surface area contributed by atoms with Crippen LogP contribution in [0.15, 0.2) is 72.8 Å². The van der Waals surface area contributed by atoms with E-state index in [-0.39, 0.29) is 17.2 Å². The fourth-order valence-electron chi connectivity index (χ4n) is 4.73. The number of rotatable bonds is 5. The molecule has 200 valence electrons. The van der Waals surface area contributed by atoms with E-state index in [1.54, 1.807) is 4.68 Å². The zero-order valence-electron chi connectivity index (χ0n) is 23.0. The Kier molecular flexibility index (Phi) is 7.24. The highest BCUT2D eigenvalue weighted by Crippen LogP contribution is 2.28. The number of carbonyl (C=O) groups excluding carboxylic acids is 2. The molecule has 2 amide bonds. The Morgan fingerprint density at radius 1 is 0.846 bits per heavy atom. The highest BCUT2D eigenvalue weighted by Gasteiger charge is 2.22. The largest absolute Gasteiger partial charge is 0.355 e. The van der Waals surface area contributed by atoms with Gasteiger partial charge in [0.15, 0.2) is 5.78 Å². The molecule has 0 saturated heterocycles. The summed E-state index contributed by atoms with van der Waals surface area (Å²) in [6.07, 6.45) is 3.50. The van der Waals surface area contributed by atoms with Crippen LogP contribution >= 0.6 is 0 Å². The van der Waals surface area contributed by atoms with Gasteiger partial charge in [-0.3, -0.25) is 10.1 Å². The number of urea groups is 1. The minimum Gasteiger partial charge on any atom is -0.355 e. The lowest BCUT2D eigenvalue weighted by Crippen LogP contribution is -2.21. The number of benzene rings is 3. The summed E-state index contributed by atoms with van der Waals surface area (Å²) in [5.74, 6) is 0.819. The molecule has 1 aromatic heterocycles. The van der Waals surface area contributed by atoms with Crippen molar-refractivity contribution < 1.29 is 9.59 Å². The molecule has 0 aliphatic heterocycles. The Morgan fingerprint density at radius 2 is 1.56 bits per heavy atom. The van der Waals surface area contributed by atoms with E-state index in [9.17, 15) is 9.59 Å². The summed E-state index contributed by atoms with van der Waals surface area (Å²) >= 11 is 0. The van der Waals surface area contributed by atoms with Crippen LogP contribution < -0.4 is 16.0 Å². The van der Waals surface area contributed by atoms with Gasteiger partial charge < -0.3 is 10.6 Å². The van der Waals surface area contributed by atoms with Gasteiger partial charge in [-0.15, -0.1) is 0 Å². The predicted molar refractivity (Wildman–Crippen MR) is 158 cm³/mol. The van der Waals surface area contributed by atoms with Gasteiger partial charge in [0.1, 0.15) is 5.82 Å². The van der Waals surface area contributed by atoms with Crippen LogP contribution in [-0.4, -0.2) is 21.6 Å². The molecule has 0 unspecified atom stereocenters. The summed E-state index contributed by atoms with van der Waals surface area (Å²) in [4.78, 5) is 25.4. The molecule has 0 radical (unpaired) electrons. The zero-order valence-corrected chi connectivity index (χ0v) is 23.0. The summed E-state index contributed by atoms with van der Waals surface area (Å²) in [7, 11) is 0. The molecule has 0 saturated carbocycles. The molecular weight excluding hydrogens is 486 g/mol. The van der Waals surface area contributed by atoms with Gasteiger partial charge in [-0.05, 0) is 80.3 Å². The first-order chi connectivity index (χ1) is 18.7. The maximum atomic E-state index is 13.1. The molecular formula is C32H35N5O2. The Hall–Kier alpha value is -4.39. The molecule has 7 heteroatoms. The minimum absolute atomic E-state index is 0.175. The third-order valence-electron chi connectivity index (χ3n) is 6.91. The predicted octanol–water partition coefficient (Wildman–Crippen LogP) is 7.77. The molecule has 4 aromatic rings. The number of Topliss-reactive ketones (excluding diaryl/α,β-unsaturated/α-hetero) is 1. The second kappa shape index (κ2) is 10.8. The number of hydrogen-bond acceptors (Lipinski definition) is 4. The third-order valence-corrected chi connectivity index (χ3v) is 6.91. The number of nitrogens with one attached hydrogen (secondary N) is 3. The van der Waals surface area contributed by atoms with Gasteiger partial charge in [-0.2, -0.15) is 5.10 Å². The van der Waals surface area contributed by atoms with Crippen LogP contribution in [0.4, 0.5) is 27.7 Å². The van der Waals surface area contributed by atoms with Crippen molar-refractivity contribution in [2.24, 2.45) is 0 Å². The first kappa shape index (κ1) is 26.2. The number of hydrogen-bond donors (Lipinski definition) is 3. The second-order valence-electron chi connectivity index (χ2n) is 11.2. The molecule has 7 nitrogen and oxygen atoms in total. The average molecular weight is 522 g/mol. The molecule has 1 heterocycles. The summed E-state index contributed by atoms with van der Waals surface area (Å²) in [5.41, 5.74) is 7.08. The molecule has 0 spiro atoms. The fraction of sp³-hybridized carbons (Fsp3) is 0.281. The van der Waals surface area contributed by atoms with Crippen molar-refractivity contribution in [3.05, 3.63) is 95.2 Å². The monoisotopic (exact) mass is 521 g/mol. The van der Waals surface area contributed by atoms with E-state index in [4.69, 9.17) is 5.10 Å². The summed E-state index contributed by atoms with van der Waals surface area (Å²) in [6, 6.07) is 23.1. The maximum absolute atomic E-state index is 13.1. The number of fused-ring (bicyclic) bond motifs is 1. The van der Waals surface area contributed by atoms with Gasteiger partial charge >= 0.3 is 6.03 Å². The van der Waals surface area contributed by atoms with Crippen molar-refractivity contribution in [2.75, 3.05) is 16.0 Å². The van der Waals surface area contributed by atoms with Crippen molar-refractivity contribution in [2.45, 2.75) is 58.8 Å². The van der Waals surface area contributed by atoms with Crippen molar-refractivity contribution in [1.29, 1.82) is 0 Å². The van der Waals surface area contributed by atoms with Crippen LogP contribution in [0.25, 0.3) is 5.69 Å². The molecule has 3 N–H and O–H groups in total. The topological polar surface area (TPSA) is 88.1 Å². The van der Waals surface area contributed by atoms with Gasteiger partial charge in [-0.25, -0.2) is 9.48 Å². The fourth-order valence-corrected chi connectivity index (χ4v) is 4.73. The van der Waals surface area contributed by atoms with Gasteiger partial charge in [0.05, 0.1) is 11.4 Å². The Labute approximate surface area is 229 Å². The molecule has 1 aliphatic rings. The maximum Gasteiger partial charge on any atom is 0.324 e. The van der Waals surface area contributed by atoms with Gasteiger partial charge in [0.2, 0.25) is 0 Å². The lowest BCUT2D eigenvalue weighted by atomic mass is 9.92. The molecule has 0 fully saturated rings. The lowest BCUT2D eigenvalue weighted by molar-refractivity contribution is 0.0982. The first-order valence-electron chi connectivity index (χ1n) is 13.4. The highest BCUT2D eigenvalue weighted by atomic mass is 16.2. The van der Waals surface area contributed by atoms with Crippen LogP contribution in [0.2, 0.25) is 0 Å². The van der Waals surface area contributed by atoms with Crippen molar-refractivity contribution in [3.63, 3.8) is 0 Å². The number of nitrogens with zero attached hydrogens (tertiary/aromatic N) is 2. The van der Waals surface area contributed by atoms with Crippen LogP contribution in [-0.2, 0) is 11.8 Å². The van der Waals surface area contributed by atoms with Crippen LogP contribution in [0.3, 0.4) is 0 Å². The van der Waals surface area contributed by atoms with E-state index in [0.717, 1.165) is 58.7 Å². The zero-order chi connectivity index (χ0) is 27.6. The summed E-state index contributed by atoms with van der Waals surface area (Å²) in [6.45, 7) is 8.33. The van der Waals surface area contributed by atoms with Gasteiger partial charge in [0, 0.05) is 40.5 Å². The smallest absolute Gasteiger partial charge is 0.324 e. The number of ketones is 1. The Bertz CT molecular complexity index is 1510. The van der Waals surface area contributed by atoms with E-state index < -0.39 is 0 Å². The highest BCUT2D eigenvalue weighted by molar-refractivity contribution is 6.00.